The quantitative estimate of drug-likeness (QED) is 0.461. The van der Waals surface area contributed by atoms with Crippen LogP contribution in [0.4, 0.5) is 4.79 Å². The molecule has 3 aromatic rings. The number of aryl methyl sites for hydroxylation is 1. The minimum Gasteiger partial charge on any atom is -0.493 e. The van der Waals surface area contributed by atoms with Gasteiger partial charge in [0.25, 0.3) is 5.91 Å². The molecule has 2 aliphatic heterocycles. The van der Waals surface area contributed by atoms with Crippen LogP contribution in [0, 0.1) is 0 Å². The molecule has 3 aromatic carbocycles. The summed E-state index contributed by atoms with van der Waals surface area (Å²) in [6.45, 7) is 2.73. The molecule has 0 aromatic heterocycles. The zero-order valence-electron chi connectivity index (χ0n) is 21.6. The average molecular weight is 500 g/mol. The van der Waals surface area contributed by atoms with E-state index in [0.29, 0.717) is 30.9 Å². The van der Waals surface area contributed by atoms with Gasteiger partial charge in [-0.2, -0.15) is 0 Å². The Balaban J connectivity index is 1.42. The van der Waals surface area contributed by atoms with Crippen molar-refractivity contribution in [3.63, 3.8) is 0 Å². The molecule has 2 aliphatic rings. The second kappa shape index (κ2) is 10.3. The fraction of sp³-hybridized carbons (Fsp3) is 0.333. The molecule has 0 aliphatic carbocycles. The fourth-order valence-electron chi connectivity index (χ4n) is 5.44. The Hall–Kier alpha value is -3.84. The van der Waals surface area contributed by atoms with Gasteiger partial charge in [-0.15, -0.1) is 0 Å². The number of carbonyl (C=O) groups is 2. The molecule has 3 amide bonds. The van der Waals surface area contributed by atoms with Gasteiger partial charge in [-0.1, -0.05) is 60.7 Å². The lowest BCUT2D eigenvalue weighted by molar-refractivity contribution is -0.132. The molecular weight excluding hydrogens is 466 g/mol. The molecule has 1 saturated heterocycles. The molecule has 0 saturated carbocycles. The lowest BCUT2D eigenvalue weighted by Gasteiger charge is -2.39. The number of rotatable bonds is 8. The number of nitrogens with one attached hydrogen (secondary N) is 1. The van der Waals surface area contributed by atoms with Crippen LogP contribution in [0.15, 0.2) is 72.8 Å². The fourth-order valence-corrected chi connectivity index (χ4v) is 5.44. The van der Waals surface area contributed by atoms with Gasteiger partial charge >= 0.3 is 6.03 Å². The van der Waals surface area contributed by atoms with Crippen molar-refractivity contribution >= 4 is 11.9 Å². The molecule has 192 valence electrons. The summed E-state index contributed by atoms with van der Waals surface area (Å²) in [5.74, 6) is 1.18. The molecule has 37 heavy (non-hydrogen) atoms. The smallest absolute Gasteiger partial charge is 0.326 e. The van der Waals surface area contributed by atoms with Crippen LogP contribution in [0.2, 0.25) is 0 Å². The summed E-state index contributed by atoms with van der Waals surface area (Å²) < 4.78 is 11.1. The van der Waals surface area contributed by atoms with Gasteiger partial charge in [-0.05, 0) is 60.6 Å². The molecule has 7 heteroatoms. The third-order valence-corrected chi connectivity index (χ3v) is 7.51. The van der Waals surface area contributed by atoms with Crippen LogP contribution < -0.4 is 14.8 Å². The number of hydrogen-bond donors (Lipinski definition) is 1. The van der Waals surface area contributed by atoms with Crippen molar-refractivity contribution in [2.45, 2.75) is 37.8 Å². The minimum absolute atomic E-state index is 0.137. The molecule has 5 rings (SSSR count). The number of urea groups is 1. The maximum Gasteiger partial charge on any atom is 0.326 e. The summed E-state index contributed by atoms with van der Waals surface area (Å²) in [4.78, 5) is 30.2. The highest BCUT2D eigenvalue weighted by molar-refractivity contribution is 6.06. The summed E-state index contributed by atoms with van der Waals surface area (Å²) in [5, 5.41) is 2.97. The average Bonchev–Trinajstić information content (AvgIpc) is 3.15. The zero-order chi connectivity index (χ0) is 26.0. The van der Waals surface area contributed by atoms with E-state index in [9.17, 15) is 9.59 Å². The van der Waals surface area contributed by atoms with Crippen molar-refractivity contribution in [2.75, 3.05) is 27.4 Å². The van der Waals surface area contributed by atoms with E-state index in [2.05, 4.69) is 22.3 Å². The number of methoxy groups -OCH3 is 2. The minimum atomic E-state index is -0.931. The number of fused-ring (bicyclic) bond motifs is 1. The molecule has 1 unspecified atom stereocenters. The van der Waals surface area contributed by atoms with Gasteiger partial charge in [0.15, 0.2) is 11.5 Å². The Morgan fingerprint density at radius 1 is 0.946 bits per heavy atom. The Labute approximate surface area is 218 Å². The molecule has 0 bridgehead atoms. The van der Waals surface area contributed by atoms with Crippen LogP contribution in [0.25, 0.3) is 0 Å². The van der Waals surface area contributed by atoms with Crippen molar-refractivity contribution in [1.82, 2.24) is 15.1 Å². The van der Waals surface area contributed by atoms with Crippen LogP contribution in [-0.2, 0) is 17.6 Å². The van der Waals surface area contributed by atoms with E-state index in [1.165, 1.54) is 10.5 Å². The molecule has 1 N–H and O–H groups in total. The lowest BCUT2D eigenvalue weighted by atomic mass is 9.88. The van der Waals surface area contributed by atoms with Crippen molar-refractivity contribution in [1.29, 1.82) is 0 Å². The van der Waals surface area contributed by atoms with E-state index in [1.54, 1.807) is 14.2 Å². The van der Waals surface area contributed by atoms with Crippen molar-refractivity contribution in [3.8, 4) is 11.5 Å². The summed E-state index contributed by atoms with van der Waals surface area (Å²) in [6, 6.07) is 23.8. The number of benzene rings is 3. The van der Waals surface area contributed by atoms with Gasteiger partial charge in [0.1, 0.15) is 5.54 Å². The van der Waals surface area contributed by atoms with E-state index in [4.69, 9.17) is 9.47 Å². The largest absolute Gasteiger partial charge is 0.493 e. The van der Waals surface area contributed by atoms with Gasteiger partial charge in [-0.3, -0.25) is 9.69 Å². The second-order valence-electron chi connectivity index (χ2n) is 9.90. The maximum absolute atomic E-state index is 13.6. The summed E-state index contributed by atoms with van der Waals surface area (Å²) in [7, 11) is 3.27. The Bertz CT molecular complexity index is 1280. The Kier molecular flexibility index (Phi) is 6.89. The van der Waals surface area contributed by atoms with Gasteiger partial charge < -0.3 is 14.8 Å². The Morgan fingerprint density at radius 3 is 2.27 bits per heavy atom. The van der Waals surface area contributed by atoms with Gasteiger partial charge in [0, 0.05) is 6.54 Å². The molecule has 1 fully saturated rings. The van der Waals surface area contributed by atoms with Crippen LogP contribution in [-0.4, -0.2) is 54.7 Å². The highest BCUT2D eigenvalue weighted by Crippen LogP contribution is 2.41. The first-order valence-corrected chi connectivity index (χ1v) is 12.7. The first kappa shape index (κ1) is 24.8. The number of amides is 3. The molecule has 2 heterocycles. The van der Waals surface area contributed by atoms with Gasteiger partial charge in [0.05, 0.1) is 26.9 Å². The van der Waals surface area contributed by atoms with E-state index >= 15 is 0 Å². The van der Waals surface area contributed by atoms with Crippen molar-refractivity contribution in [3.05, 3.63) is 95.1 Å². The monoisotopic (exact) mass is 499 g/mol. The molecule has 0 spiro atoms. The third-order valence-electron chi connectivity index (χ3n) is 7.51. The number of hydrogen-bond acceptors (Lipinski definition) is 5. The standard InChI is InChI=1S/C30H33N3O4/c1-30(16-14-21-10-6-4-7-11-21)28(34)33(29(35)31-30)20-32-17-15-23-18-25(36-2)26(37-3)19-24(23)27(32)22-12-8-5-9-13-22/h4-13,18-19,27H,14-17,20H2,1-3H3,(H,31,35)/t27?,30-/m1/s1. The highest BCUT2D eigenvalue weighted by atomic mass is 16.5. The van der Waals surface area contributed by atoms with Crippen LogP contribution in [0.3, 0.4) is 0 Å². The molecule has 7 nitrogen and oxygen atoms in total. The third kappa shape index (κ3) is 4.79. The Morgan fingerprint density at radius 2 is 1.59 bits per heavy atom. The van der Waals surface area contributed by atoms with Crippen molar-refractivity contribution < 1.29 is 19.1 Å². The predicted molar refractivity (Wildman–Crippen MR) is 142 cm³/mol. The van der Waals surface area contributed by atoms with E-state index in [0.717, 1.165) is 23.1 Å². The first-order valence-electron chi connectivity index (χ1n) is 12.7. The van der Waals surface area contributed by atoms with E-state index in [-0.39, 0.29) is 24.6 Å². The summed E-state index contributed by atoms with van der Waals surface area (Å²) in [6.07, 6.45) is 2.02. The van der Waals surface area contributed by atoms with Crippen molar-refractivity contribution in [2.24, 2.45) is 0 Å². The molecule has 0 radical (unpaired) electrons. The van der Waals surface area contributed by atoms with Crippen LogP contribution >= 0.6 is 0 Å². The van der Waals surface area contributed by atoms with Gasteiger partial charge in [-0.25, -0.2) is 9.69 Å². The number of imide groups is 1. The van der Waals surface area contributed by atoms with Crippen LogP contribution in [0.5, 0.6) is 11.5 Å². The predicted octanol–water partition coefficient (Wildman–Crippen LogP) is 4.55. The maximum atomic E-state index is 13.6. The van der Waals surface area contributed by atoms with E-state index < -0.39 is 5.54 Å². The highest BCUT2D eigenvalue weighted by Gasteiger charge is 2.48. The SMILES string of the molecule is COc1cc2c(cc1OC)C(c1ccccc1)N(CN1C(=O)N[C@](C)(CCc3ccccc3)C1=O)CC2. The first-order chi connectivity index (χ1) is 17.9. The number of ether oxygens (including phenoxy) is 2. The summed E-state index contributed by atoms with van der Waals surface area (Å²) >= 11 is 0. The topological polar surface area (TPSA) is 71.1 Å². The second-order valence-corrected chi connectivity index (χ2v) is 9.90. The van der Waals surface area contributed by atoms with Crippen LogP contribution in [0.1, 0.15) is 41.6 Å². The number of carbonyl (C=O) groups excluding carboxylic acids is 2. The van der Waals surface area contributed by atoms with Gasteiger partial charge in [0.2, 0.25) is 0 Å². The number of nitrogens with zero attached hydrogens (tertiary/aromatic N) is 2. The summed E-state index contributed by atoms with van der Waals surface area (Å²) in [5.41, 5.74) is 3.57. The van der Waals surface area contributed by atoms with E-state index in [1.807, 2.05) is 67.6 Å². The normalized spacial score (nSPS) is 21.5. The molecule has 2 atom stereocenters. The molecular formula is C30H33N3O4. The lowest BCUT2D eigenvalue weighted by Crippen LogP contribution is -2.48. The zero-order valence-corrected chi connectivity index (χ0v) is 21.6.